The Bertz CT molecular complexity index is 731. The van der Waals surface area contributed by atoms with Crippen molar-refractivity contribution in [1.29, 1.82) is 0 Å². The lowest BCUT2D eigenvalue weighted by molar-refractivity contribution is 0.882. The molecule has 0 N–H and O–H groups in total. The lowest BCUT2D eigenvalue weighted by Crippen LogP contribution is -2.02. The lowest BCUT2D eigenvalue weighted by atomic mass is 10.2. The van der Waals surface area contributed by atoms with Gasteiger partial charge in [0, 0.05) is 11.9 Å². The zero-order valence-electron chi connectivity index (χ0n) is 10.8. The Labute approximate surface area is 116 Å². The molecule has 1 aromatic carbocycles. The highest BCUT2D eigenvalue weighted by atomic mass is 35.5. The van der Waals surface area contributed by atoms with Crippen molar-refractivity contribution in [1.82, 2.24) is 14.5 Å². The van der Waals surface area contributed by atoms with E-state index in [4.69, 9.17) is 11.6 Å². The number of pyridine rings is 1. The van der Waals surface area contributed by atoms with Gasteiger partial charge >= 0.3 is 0 Å². The largest absolute Gasteiger partial charge is 0.295 e. The lowest BCUT2D eigenvalue weighted by Gasteiger charge is -2.11. The Balaban J connectivity index is 2.34. The summed E-state index contributed by atoms with van der Waals surface area (Å²) in [4.78, 5) is 8.71. The summed E-state index contributed by atoms with van der Waals surface area (Å²) >= 11 is 6.27. The van der Waals surface area contributed by atoms with Crippen LogP contribution in [0.1, 0.15) is 23.7 Å². The van der Waals surface area contributed by atoms with Gasteiger partial charge in [-0.05, 0) is 37.6 Å². The highest BCUT2D eigenvalue weighted by Gasteiger charge is 2.16. The molecule has 19 heavy (non-hydrogen) atoms. The number of alkyl halides is 1. The Hall–Kier alpha value is -1.87. The fourth-order valence-electron chi connectivity index (χ4n) is 2.26. The molecular weight excluding hydrogens is 258 g/mol. The van der Waals surface area contributed by atoms with Crippen LogP contribution in [0.25, 0.3) is 16.7 Å². The van der Waals surface area contributed by atoms with E-state index < -0.39 is 0 Å². The smallest absolute Gasteiger partial charge is 0.132 e. The predicted octanol–water partition coefficient (Wildman–Crippen LogP) is 4.03. The number of fused-ring (bicyclic) bond motifs is 1. The minimum Gasteiger partial charge on any atom is -0.295 e. The van der Waals surface area contributed by atoms with E-state index in [0.717, 1.165) is 22.5 Å². The zero-order chi connectivity index (χ0) is 13.4. The van der Waals surface area contributed by atoms with Crippen LogP contribution in [-0.4, -0.2) is 14.5 Å². The molecule has 2 aromatic heterocycles. The van der Waals surface area contributed by atoms with E-state index in [1.807, 2.05) is 19.1 Å². The topological polar surface area (TPSA) is 30.7 Å². The van der Waals surface area contributed by atoms with Crippen LogP contribution in [0.15, 0.2) is 42.7 Å². The monoisotopic (exact) mass is 271 g/mol. The van der Waals surface area contributed by atoms with Crippen molar-refractivity contribution in [3.8, 4) is 5.69 Å². The Morgan fingerprint density at radius 3 is 2.84 bits per heavy atom. The van der Waals surface area contributed by atoms with Crippen molar-refractivity contribution in [2.24, 2.45) is 0 Å². The van der Waals surface area contributed by atoms with E-state index in [0.29, 0.717) is 0 Å². The summed E-state index contributed by atoms with van der Waals surface area (Å²) in [5, 5.41) is -0.159. The first-order valence-electron chi connectivity index (χ1n) is 6.20. The summed E-state index contributed by atoms with van der Waals surface area (Å²) < 4.78 is 2.10. The summed E-state index contributed by atoms with van der Waals surface area (Å²) in [5.41, 5.74) is 4.19. The molecule has 3 aromatic rings. The molecule has 0 aliphatic carbocycles. The molecule has 0 spiro atoms. The first-order valence-corrected chi connectivity index (χ1v) is 6.64. The molecule has 1 atom stereocenters. The van der Waals surface area contributed by atoms with Crippen LogP contribution in [0.2, 0.25) is 0 Å². The molecule has 0 amide bonds. The minimum atomic E-state index is -0.159. The Morgan fingerprint density at radius 1 is 1.26 bits per heavy atom. The second-order valence-electron chi connectivity index (χ2n) is 4.62. The van der Waals surface area contributed by atoms with E-state index in [1.54, 1.807) is 12.4 Å². The van der Waals surface area contributed by atoms with Gasteiger partial charge in [0.1, 0.15) is 11.3 Å². The number of hydrogen-bond acceptors (Lipinski definition) is 2. The SMILES string of the molecule is Cc1cccc(-n2c(C(C)Cl)nc3cnccc32)c1. The van der Waals surface area contributed by atoms with Gasteiger partial charge in [0.25, 0.3) is 0 Å². The van der Waals surface area contributed by atoms with Gasteiger partial charge in [-0.25, -0.2) is 4.98 Å². The molecule has 0 fully saturated rings. The maximum Gasteiger partial charge on any atom is 0.132 e. The van der Waals surface area contributed by atoms with Crippen LogP contribution in [-0.2, 0) is 0 Å². The number of benzene rings is 1. The van der Waals surface area contributed by atoms with Gasteiger partial charge in [-0.15, -0.1) is 11.6 Å². The van der Waals surface area contributed by atoms with Crippen molar-refractivity contribution >= 4 is 22.6 Å². The average Bonchev–Trinajstić information content (AvgIpc) is 2.78. The first kappa shape index (κ1) is 12.2. The number of aryl methyl sites for hydroxylation is 1. The molecule has 2 heterocycles. The van der Waals surface area contributed by atoms with Crippen molar-refractivity contribution in [2.75, 3.05) is 0 Å². The summed E-state index contributed by atoms with van der Waals surface area (Å²) in [6.45, 7) is 4.01. The molecule has 0 saturated heterocycles. The Morgan fingerprint density at radius 2 is 2.11 bits per heavy atom. The molecule has 1 unspecified atom stereocenters. The van der Waals surface area contributed by atoms with E-state index in [2.05, 4.69) is 39.7 Å². The minimum absolute atomic E-state index is 0.159. The van der Waals surface area contributed by atoms with Crippen LogP contribution >= 0.6 is 11.6 Å². The van der Waals surface area contributed by atoms with Crippen molar-refractivity contribution < 1.29 is 0 Å². The zero-order valence-corrected chi connectivity index (χ0v) is 11.6. The molecule has 96 valence electrons. The van der Waals surface area contributed by atoms with Gasteiger partial charge < -0.3 is 0 Å². The number of imidazole rings is 1. The maximum atomic E-state index is 6.27. The van der Waals surface area contributed by atoms with Gasteiger partial charge in [0.2, 0.25) is 0 Å². The third kappa shape index (κ3) is 2.10. The molecule has 0 saturated carbocycles. The molecule has 4 heteroatoms. The third-order valence-corrected chi connectivity index (χ3v) is 3.29. The van der Waals surface area contributed by atoms with Gasteiger partial charge in [-0.1, -0.05) is 12.1 Å². The van der Waals surface area contributed by atoms with E-state index in [1.165, 1.54) is 5.56 Å². The molecule has 0 aliphatic rings. The number of rotatable bonds is 2. The summed E-state index contributed by atoms with van der Waals surface area (Å²) in [6.07, 6.45) is 3.55. The number of halogens is 1. The normalized spacial score (nSPS) is 12.8. The third-order valence-electron chi connectivity index (χ3n) is 3.10. The van der Waals surface area contributed by atoms with Crippen LogP contribution in [0.3, 0.4) is 0 Å². The van der Waals surface area contributed by atoms with Gasteiger partial charge in [-0.3, -0.25) is 9.55 Å². The van der Waals surface area contributed by atoms with Crippen molar-refractivity contribution in [2.45, 2.75) is 19.2 Å². The Kier molecular flexibility index (Phi) is 2.99. The predicted molar refractivity (Wildman–Crippen MR) is 77.9 cm³/mol. The quantitative estimate of drug-likeness (QED) is 0.659. The second-order valence-corrected chi connectivity index (χ2v) is 5.28. The first-order chi connectivity index (χ1) is 9.16. The van der Waals surface area contributed by atoms with Crippen molar-refractivity contribution in [3.63, 3.8) is 0 Å². The molecule has 0 aliphatic heterocycles. The molecular formula is C15H14ClN3. The van der Waals surface area contributed by atoms with Crippen LogP contribution < -0.4 is 0 Å². The highest BCUT2D eigenvalue weighted by molar-refractivity contribution is 6.20. The molecule has 0 bridgehead atoms. The maximum absolute atomic E-state index is 6.27. The average molecular weight is 272 g/mol. The van der Waals surface area contributed by atoms with Gasteiger partial charge in [0.05, 0.1) is 17.1 Å². The fraction of sp³-hybridized carbons (Fsp3) is 0.200. The van der Waals surface area contributed by atoms with E-state index >= 15 is 0 Å². The fourth-order valence-corrected chi connectivity index (χ4v) is 2.40. The summed E-state index contributed by atoms with van der Waals surface area (Å²) in [6, 6.07) is 10.3. The molecule has 3 rings (SSSR count). The van der Waals surface area contributed by atoms with E-state index in [-0.39, 0.29) is 5.38 Å². The molecule has 3 nitrogen and oxygen atoms in total. The highest BCUT2D eigenvalue weighted by Crippen LogP contribution is 2.27. The van der Waals surface area contributed by atoms with Gasteiger partial charge in [0.15, 0.2) is 0 Å². The van der Waals surface area contributed by atoms with Crippen LogP contribution in [0.5, 0.6) is 0 Å². The van der Waals surface area contributed by atoms with Crippen molar-refractivity contribution in [3.05, 3.63) is 54.1 Å². The summed E-state index contributed by atoms with van der Waals surface area (Å²) in [5.74, 6) is 0.843. The van der Waals surface area contributed by atoms with Crippen LogP contribution in [0.4, 0.5) is 0 Å². The number of aromatic nitrogens is 3. The van der Waals surface area contributed by atoms with E-state index in [9.17, 15) is 0 Å². The summed E-state index contributed by atoms with van der Waals surface area (Å²) in [7, 11) is 0. The molecule has 0 radical (unpaired) electrons. The number of hydrogen-bond donors (Lipinski definition) is 0. The van der Waals surface area contributed by atoms with Crippen LogP contribution in [0, 0.1) is 6.92 Å². The number of nitrogens with zero attached hydrogens (tertiary/aromatic N) is 3. The van der Waals surface area contributed by atoms with Gasteiger partial charge in [-0.2, -0.15) is 0 Å². The second kappa shape index (κ2) is 4.67. The standard InChI is InChI=1S/C15H14ClN3/c1-10-4-3-5-12(8-10)19-14-6-7-17-9-13(14)18-15(19)11(2)16/h3-9,11H,1-2H3.